The second kappa shape index (κ2) is 6.85. The van der Waals surface area contributed by atoms with E-state index in [2.05, 4.69) is 5.32 Å². The predicted octanol–water partition coefficient (Wildman–Crippen LogP) is 3.41. The third kappa shape index (κ3) is 4.58. The molecule has 1 heterocycles. The van der Waals surface area contributed by atoms with Gasteiger partial charge in [-0.25, -0.2) is 4.79 Å². The number of rotatable bonds is 4. The normalized spacial score (nSPS) is 17.9. The zero-order valence-electron chi connectivity index (χ0n) is 13.7. The summed E-state index contributed by atoms with van der Waals surface area (Å²) in [5.74, 6) is 0. The molecule has 1 aromatic carbocycles. The highest BCUT2D eigenvalue weighted by atomic mass is 16.6. The summed E-state index contributed by atoms with van der Waals surface area (Å²) in [5, 5.41) is 14.1. The monoisotopic (exact) mass is 321 g/mol. The molecule has 1 aliphatic heterocycles. The number of carbonyl (C=O) groups excluding carboxylic acids is 1. The van der Waals surface area contributed by atoms with Gasteiger partial charge in [-0.05, 0) is 39.7 Å². The molecule has 0 spiro atoms. The van der Waals surface area contributed by atoms with Gasteiger partial charge in [0.25, 0.3) is 5.69 Å². The van der Waals surface area contributed by atoms with Crippen molar-refractivity contribution in [2.24, 2.45) is 0 Å². The lowest BCUT2D eigenvalue weighted by molar-refractivity contribution is -0.384. The van der Waals surface area contributed by atoms with Crippen molar-refractivity contribution in [3.05, 3.63) is 34.4 Å². The fourth-order valence-corrected chi connectivity index (χ4v) is 2.62. The summed E-state index contributed by atoms with van der Waals surface area (Å²) in [4.78, 5) is 24.5. The van der Waals surface area contributed by atoms with Crippen LogP contribution in [0.4, 0.5) is 16.2 Å². The highest BCUT2D eigenvalue weighted by Gasteiger charge is 2.32. The Bertz CT molecular complexity index is 583. The molecule has 0 radical (unpaired) electrons. The summed E-state index contributed by atoms with van der Waals surface area (Å²) in [6, 6.07) is 6.49. The summed E-state index contributed by atoms with van der Waals surface area (Å²) in [6.45, 7) is 6.62. The van der Waals surface area contributed by atoms with Gasteiger partial charge in [0.2, 0.25) is 0 Å². The first-order chi connectivity index (χ1) is 10.8. The predicted molar refractivity (Wildman–Crippen MR) is 87.5 cm³/mol. The summed E-state index contributed by atoms with van der Waals surface area (Å²) in [6.07, 6.45) is 1.43. The van der Waals surface area contributed by atoms with Crippen LogP contribution in [0.15, 0.2) is 24.3 Å². The quantitative estimate of drug-likeness (QED) is 0.678. The van der Waals surface area contributed by atoms with Crippen molar-refractivity contribution in [2.75, 3.05) is 18.4 Å². The van der Waals surface area contributed by atoms with Crippen LogP contribution in [0.1, 0.15) is 33.6 Å². The summed E-state index contributed by atoms with van der Waals surface area (Å²) in [5.41, 5.74) is -0.0292. The molecule has 0 bridgehead atoms. The Kier molecular flexibility index (Phi) is 5.08. The topological polar surface area (TPSA) is 84.7 Å². The van der Waals surface area contributed by atoms with Gasteiger partial charge in [0, 0.05) is 19.2 Å². The van der Waals surface area contributed by atoms with Crippen molar-refractivity contribution in [3.8, 4) is 0 Å². The average Bonchev–Trinajstić information content (AvgIpc) is 2.92. The Hall–Kier alpha value is -2.31. The van der Waals surface area contributed by atoms with E-state index in [1.165, 1.54) is 6.07 Å². The molecule has 7 heteroatoms. The molecule has 1 saturated heterocycles. The molecule has 23 heavy (non-hydrogen) atoms. The number of hydrogen-bond donors (Lipinski definition) is 1. The molecular weight excluding hydrogens is 298 g/mol. The highest BCUT2D eigenvalue weighted by Crippen LogP contribution is 2.25. The van der Waals surface area contributed by atoms with Crippen LogP contribution in [-0.2, 0) is 4.74 Å². The average molecular weight is 321 g/mol. The number of benzene rings is 1. The van der Waals surface area contributed by atoms with Crippen molar-refractivity contribution in [2.45, 2.75) is 45.3 Å². The Labute approximate surface area is 135 Å². The van der Waals surface area contributed by atoms with Gasteiger partial charge in [0.05, 0.1) is 11.0 Å². The molecule has 126 valence electrons. The minimum Gasteiger partial charge on any atom is -0.444 e. The summed E-state index contributed by atoms with van der Waals surface area (Å²) in [7, 11) is 0. The lowest BCUT2D eigenvalue weighted by Gasteiger charge is -2.28. The van der Waals surface area contributed by atoms with Crippen molar-refractivity contribution in [3.63, 3.8) is 0 Å². The molecule has 0 unspecified atom stereocenters. The zero-order valence-corrected chi connectivity index (χ0v) is 13.7. The number of anilines is 1. The van der Waals surface area contributed by atoms with E-state index < -0.39 is 10.5 Å². The van der Waals surface area contributed by atoms with Crippen molar-refractivity contribution in [1.82, 2.24) is 4.90 Å². The third-order valence-corrected chi connectivity index (χ3v) is 3.63. The molecule has 2 rings (SSSR count). The number of likely N-dealkylation sites (tertiary alicyclic amines) is 1. The van der Waals surface area contributed by atoms with E-state index in [-0.39, 0.29) is 17.8 Å². The molecule has 0 aromatic heterocycles. The van der Waals surface area contributed by atoms with Crippen LogP contribution < -0.4 is 5.32 Å². The van der Waals surface area contributed by atoms with Gasteiger partial charge in [-0.15, -0.1) is 0 Å². The zero-order chi connectivity index (χ0) is 17.0. The van der Waals surface area contributed by atoms with Gasteiger partial charge in [-0.3, -0.25) is 10.1 Å². The fraction of sp³-hybridized carbons (Fsp3) is 0.562. The van der Waals surface area contributed by atoms with E-state index in [0.717, 1.165) is 12.8 Å². The van der Waals surface area contributed by atoms with Crippen LogP contribution in [0.25, 0.3) is 0 Å². The first-order valence-corrected chi connectivity index (χ1v) is 7.75. The van der Waals surface area contributed by atoms with E-state index in [9.17, 15) is 14.9 Å². The Morgan fingerprint density at radius 3 is 2.78 bits per heavy atom. The number of amides is 1. The van der Waals surface area contributed by atoms with Crippen molar-refractivity contribution >= 4 is 17.5 Å². The summed E-state index contributed by atoms with van der Waals surface area (Å²) < 4.78 is 5.42. The molecular formula is C16H23N3O4. The molecule has 7 nitrogen and oxygen atoms in total. The molecule has 0 aliphatic carbocycles. The lowest BCUT2D eigenvalue weighted by Crippen LogP contribution is -2.42. The van der Waals surface area contributed by atoms with Gasteiger partial charge >= 0.3 is 6.09 Å². The van der Waals surface area contributed by atoms with Crippen LogP contribution >= 0.6 is 0 Å². The molecule has 1 atom stereocenters. The number of hydrogen-bond acceptors (Lipinski definition) is 5. The number of nitrogens with one attached hydrogen (secondary N) is 1. The van der Waals surface area contributed by atoms with Crippen LogP contribution in [0.3, 0.4) is 0 Å². The Morgan fingerprint density at radius 1 is 1.43 bits per heavy atom. The minimum absolute atomic E-state index is 0.0235. The van der Waals surface area contributed by atoms with Crippen molar-refractivity contribution < 1.29 is 14.5 Å². The summed E-state index contributed by atoms with van der Waals surface area (Å²) >= 11 is 0. The van der Waals surface area contributed by atoms with E-state index in [0.29, 0.717) is 18.8 Å². The number of ether oxygens (including phenoxy) is 1. The maximum absolute atomic E-state index is 12.2. The van der Waals surface area contributed by atoms with Crippen LogP contribution in [0, 0.1) is 10.1 Å². The molecule has 0 saturated carbocycles. The molecule has 1 amide bonds. The lowest BCUT2D eigenvalue weighted by atomic mass is 10.2. The van der Waals surface area contributed by atoms with Gasteiger partial charge in [0.1, 0.15) is 11.3 Å². The molecule has 1 fully saturated rings. The minimum atomic E-state index is -0.532. The molecule has 1 N–H and O–H groups in total. The van der Waals surface area contributed by atoms with Gasteiger partial charge in [0.15, 0.2) is 0 Å². The number of para-hydroxylation sites is 2. The van der Waals surface area contributed by atoms with Crippen molar-refractivity contribution in [1.29, 1.82) is 0 Å². The maximum atomic E-state index is 12.2. The Morgan fingerprint density at radius 2 is 2.13 bits per heavy atom. The van der Waals surface area contributed by atoms with Gasteiger partial charge < -0.3 is 15.0 Å². The molecule has 1 aromatic rings. The highest BCUT2D eigenvalue weighted by molar-refractivity contribution is 5.69. The third-order valence-electron chi connectivity index (χ3n) is 3.63. The second-order valence-corrected chi connectivity index (χ2v) is 6.62. The smallest absolute Gasteiger partial charge is 0.410 e. The number of nitrogens with zero attached hydrogens (tertiary/aromatic N) is 2. The van der Waals surface area contributed by atoms with Gasteiger partial charge in [-0.2, -0.15) is 0 Å². The largest absolute Gasteiger partial charge is 0.444 e. The number of carbonyl (C=O) groups is 1. The Balaban J connectivity index is 2.00. The molecule has 1 aliphatic rings. The number of nitro groups is 1. The van der Waals surface area contributed by atoms with Crippen LogP contribution in [0.5, 0.6) is 0 Å². The first-order valence-electron chi connectivity index (χ1n) is 7.75. The standard InChI is InChI=1S/C16H23N3O4/c1-16(2,3)23-15(20)18-10-6-7-12(18)11-17-13-8-4-5-9-14(13)19(21)22/h4-5,8-9,12,17H,6-7,10-11H2,1-3H3/t12-/m1/s1. The maximum Gasteiger partial charge on any atom is 0.410 e. The van der Waals surface area contributed by atoms with Crippen LogP contribution in [-0.4, -0.2) is 40.6 Å². The van der Waals surface area contributed by atoms with Gasteiger partial charge in [-0.1, -0.05) is 12.1 Å². The van der Waals surface area contributed by atoms with E-state index in [4.69, 9.17) is 4.74 Å². The van der Waals surface area contributed by atoms with Crippen LogP contribution in [0.2, 0.25) is 0 Å². The fourth-order valence-electron chi connectivity index (χ4n) is 2.62. The van der Waals surface area contributed by atoms with E-state index in [1.807, 2.05) is 20.8 Å². The second-order valence-electron chi connectivity index (χ2n) is 6.62. The van der Waals surface area contributed by atoms with E-state index in [1.54, 1.807) is 23.1 Å². The van der Waals surface area contributed by atoms with E-state index >= 15 is 0 Å². The first kappa shape index (κ1) is 17.1. The SMILES string of the molecule is CC(C)(C)OC(=O)N1CCC[C@@H]1CNc1ccccc1[N+](=O)[O-]. The number of nitro benzene ring substituents is 1.